The van der Waals surface area contributed by atoms with Crippen LogP contribution in [-0.2, 0) is 57.7 Å². The lowest BCUT2D eigenvalue weighted by Gasteiger charge is -2.23. The molecular formula is C56H42N4O6. The van der Waals surface area contributed by atoms with Gasteiger partial charge in [-0.05, 0) is 109 Å². The van der Waals surface area contributed by atoms with E-state index in [1.165, 1.54) is 9.80 Å². The van der Waals surface area contributed by atoms with Gasteiger partial charge in [-0.3, -0.25) is 47.7 Å². The third kappa shape index (κ3) is 6.08. The molecule has 4 heterocycles. The molecule has 0 saturated carbocycles. The fourth-order valence-corrected chi connectivity index (χ4v) is 11.3. The number of fused-ring (bicyclic) bond motifs is 8. The average molecular weight is 867 g/mol. The highest BCUT2D eigenvalue weighted by atomic mass is 16.2. The van der Waals surface area contributed by atoms with E-state index in [9.17, 15) is 28.8 Å². The monoisotopic (exact) mass is 866 g/mol. The fourth-order valence-electron chi connectivity index (χ4n) is 11.3. The predicted octanol–water partition coefficient (Wildman–Crippen LogP) is 8.57. The first-order valence-corrected chi connectivity index (χ1v) is 22.6. The second-order valence-corrected chi connectivity index (χ2v) is 18.0. The number of anilines is 2. The Labute approximate surface area is 379 Å². The van der Waals surface area contributed by atoms with E-state index in [4.69, 9.17) is 0 Å². The van der Waals surface area contributed by atoms with Crippen molar-refractivity contribution >= 4 is 68.6 Å². The molecule has 2 fully saturated rings. The molecule has 2 aromatic heterocycles. The van der Waals surface area contributed by atoms with E-state index in [1.807, 2.05) is 133 Å². The molecule has 4 atom stereocenters. The van der Waals surface area contributed by atoms with Gasteiger partial charge in [-0.1, -0.05) is 97.1 Å². The maximum atomic E-state index is 14.1. The Hall–Kier alpha value is -7.98. The number of aryl methyl sites for hydroxylation is 2. The van der Waals surface area contributed by atoms with Gasteiger partial charge in [-0.15, -0.1) is 0 Å². The van der Waals surface area contributed by atoms with E-state index in [-0.39, 0.29) is 35.4 Å². The predicted molar refractivity (Wildman–Crippen MR) is 250 cm³/mol. The van der Waals surface area contributed by atoms with Crippen LogP contribution in [0.25, 0.3) is 21.8 Å². The Balaban J connectivity index is 0.723. The van der Waals surface area contributed by atoms with Gasteiger partial charge >= 0.3 is 0 Å². The number of para-hydroxylation sites is 2. The normalized spacial score (nSPS) is 19.9. The Morgan fingerprint density at radius 2 is 0.727 bits per heavy atom. The summed E-state index contributed by atoms with van der Waals surface area (Å²) in [7, 11) is 0. The van der Waals surface area contributed by atoms with Crippen molar-refractivity contribution in [1.82, 2.24) is 9.13 Å². The molecule has 0 N–H and O–H groups in total. The van der Waals surface area contributed by atoms with Crippen LogP contribution in [0.3, 0.4) is 0 Å². The largest absolute Gasteiger partial charge is 0.280 e. The van der Waals surface area contributed by atoms with Crippen molar-refractivity contribution in [3.05, 3.63) is 202 Å². The molecule has 10 heteroatoms. The van der Waals surface area contributed by atoms with E-state index in [0.717, 1.165) is 55.4 Å². The van der Waals surface area contributed by atoms with E-state index in [0.29, 0.717) is 61.0 Å². The van der Waals surface area contributed by atoms with Crippen molar-refractivity contribution < 1.29 is 28.8 Å². The van der Waals surface area contributed by atoms with E-state index < -0.39 is 23.7 Å². The Morgan fingerprint density at radius 3 is 1.11 bits per heavy atom. The molecule has 2 aliphatic carbocycles. The maximum absolute atomic E-state index is 14.1. The van der Waals surface area contributed by atoms with Gasteiger partial charge in [0.1, 0.15) is 0 Å². The van der Waals surface area contributed by atoms with Gasteiger partial charge in [0, 0.05) is 46.1 Å². The molecule has 0 spiro atoms. The maximum Gasteiger partial charge on any atom is 0.262 e. The standard InChI is InChI=1S/C56H42N4O6/c61-51(35-11-3-1-4-12-35)59-47-17-9-7-15-39(47)41-29-43-45(31-49(41)59)55(65)57(53(43)63)37-25-21-33(22-26-37)19-20-34-23-27-38(28-24-34)58-54(64)44-30-42-40-16-8-10-18-48(40)60(50(42)32-46(44)56(58)66)52(62)36-13-5-2-6-14-36/h1-18,21-28,43-46H,19-20,29-32H2. The zero-order chi connectivity index (χ0) is 44.8. The van der Waals surface area contributed by atoms with Crippen LogP contribution in [0.1, 0.15) is 54.4 Å². The summed E-state index contributed by atoms with van der Waals surface area (Å²) in [6.45, 7) is 0. The minimum Gasteiger partial charge on any atom is -0.280 e. The molecule has 0 bridgehead atoms. The molecule has 2 saturated heterocycles. The summed E-state index contributed by atoms with van der Waals surface area (Å²) in [6.07, 6.45) is 2.76. The summed E-state index contributed by atoms with van der Waals surface area (Å²) in [5.74, 6) is -3.36. The lowest BCUT2D eigenvalue weighted by Crippen LogP contribution is -2.31. The number of imide groups is 2. The van der Waals surface area contributed by atoms with Crippen molar-refractivity contribution in [2.24, 2.45) is 23.7 Å². The van der Waals surface area contributed by atoms with Crippen LogP contribution in [0.5, 0.6) is 0 Å². The third-order valence-corrected chi connectivity index (χ3v) is 14.5. The highest BCUT2D eigenvalue weighted by molar-refractivity contribution is 6.23. The van der Waals surface area contributed by atoms with Crippen LogP contribution >= 0.6 is 0 Å². The molecule has 6 aromatic carbocycles. The van der Waals surface area contributed by atoms with E-state index >= 15 is 0 Å². The highest BCUT2D eigenvalue weighted by Crippen LogP contribution is 2.45. The first kappa shape index (κ1) is 39.6. The summed E-state index contributed by atoms with van der Waals surface area (Å²) in [4.78, 5) is 86.7. The number of hydrogen-bond donors (Lipinski definition) is 0. The number of hydrogen-bond acceptors (Lipinski definition) is 6. The number of carbonyl (C=O) groups is 6. The first-order valence-electron chi connectivity index (χ1n) is 22.6. The van der Waals surface area contributed by atoms with Gasteiger partial charge in [-0.2, -0.15) is 0 Å². The quantitative estimate of drug-likeness (QED) is 0.148. The summed E-state index contributed by atoms with van der Waals surface area (Å²) in [6, 6.07) is 48.9. The smallest absolute Gasteiger partial charge is 0.262 e. The summed E-state index contributed by atoms with van der Waals surface area (Å²) < 4.78 is 3.48. The number of benzene rings is 6. The lowest BCUT2D eigenvalue weighted by atomic mass is 9.79. The third-order valence-electron chi connectivity index (χ3n) is 14.5. The zero-order valence-corrected chi connectivity index (χ0v) is 35.8. The lowest BCUT2D eigenvalue weighted by molar-refractivity contribution is -0.124. The molecule has 8 aromatic rings. The first-order chi connectivity index (χ1) is 32.2. The van der Waals surface area contributed by atoms with Crippen molar-refractivity contribution in [2.75, 3.05) is 9.80 Å². The number of nitrogens with zero attached hydrogens (tertiary/aromatic N) is 4. The molecule has 4 amide bonds. The van der Waals surface area contributed by atoms with Crippen molar-refractivity contribution in [2.45, 2.75) is 38.5 Å². The second kappa shape index (κ2) is 15.3. The summed E-state index contributed by atoms with van der Waals surface area (Å²) in [5.41, 5.74) is 9.32. The molecular weight excluding hydrogens is 825 g/mol. The number of aromatic nitrogens is 2. The highest BCUT2D eigenvalue weighted by Gasteiger charge is 2.53. The van der Waals surface area contributed by atoms with Crippen LogP contribution in [0.15, 0.2) is 158 Å². The topological polar surface area (TPSA) is 119 Å². The number of carbonyl (C=O) groups excluding carboxylic acids is 6. The number of rotatable bonds is 7. The molecule has 66 heavy (non-hydrogen) atoms. The van der Waals surface area contributed by atoms with Crippen LogP contribution in [0, 0.1) is 23.7 Å². The SMILES string of the molecule is O=C1C2Cc3c(n(C(=O)c4ccccc4)c4ccccc34)CC2C(=O)N1c1ccc(CCc2ccc(N3C(=O)C4Cc5c(n(C(=O)c6ccccc6)c6ccccc56)CC4C3=O)cc2)cc1. The van der Waals surface area contributed by atoms with Crippen LogP contribution < -0.4 is 9.80 Å². The summed E-state index contributed by atoms with van der Waals surface area (Å²) in [5, 5.41) is 1.86. The van der Waals surface area contributed by atoms with E-state index in [2.05, 4.69) is 0 Å². The summed E-state index contributed by atoms with van der Waals surface area (Å²) >= 11 is 0. The molecule has 10 nitrogen and oxygen atoms in total. The Kier molecular flexibility index (Phi) is 9.20. The molecule has 2 aliphatic heterocycles. The molecule has 4 unspecified atom stereocenters. The van der Waals surface area contributed by atoms with Crippen LogP contribution in [0.2, 0.25) is 0 Å². The minimum absolute atomic E-state index is 0.152. The van der Waals surface area contributed by atoms with Crippen LogP contribution in [-0.4, -0.2) is 44.6 Å². The molecule has 322 valence electrons. The minimum atomic E-state index is -0.564. The van der Waals surface area contributed by atoms with Crippen LogP contribution in [0.4, 0.5) is 11.4 Å². The van der Waals surface area contributed by atoms with Gasteiger partial charge in [0.2, 0.25) is 23.6 Å². The molecule has 4 aliphatic rings. The van der Waals surface area contributed by atoms with Crippen molar-refractivity contribution in [3.63, 3.8) is 0 Å². The van der Waals surface area contributed by atoms with Crippen molar-refractivity contribution in [3.8, 4) is 0 Å². The van der Waals surface area contributed by atoms with Gasteiger partial charge in [0.05, 0.1) is 46.1 Å². The molecule has 0 radical (unpaired) electrons. The van der Waals surface area contributed by atoms with Gasteiger partial charge < -0.3 is 0 Å². The molecule has 12 rings (SSSR count). The zero-order valence-electron chi connectivity index (χ0n) is 35.8. The van der Waals surface area contributed by atoms with E-state index in [1.54, 1.807) is 33.4 Å². The fraction of sp³-hybridized carbons (Fsp3) is 0.179. The Morgan fingerprint density at radius 1 is 0.394 bits per heavy atom. The average Bonchev–Trinajstić information content (AvgIpc) is 4.03. The van der Waals surface area contributed by atoms with Gasteiger partial charge in [-0.25, -0.2) is 0 Å². The van der Waals surface area contributed by atoms with Crippen molar-refractivity contribution in [1.29, 1.82) is 0 Å². The van der Waals surface area contributed by atoms with Gasteiger partial charge in [0.15, 0.2) is 0 Å². The Bertz CT molecular complexity index is 3130. The number of amides is 4. The second-order valence-electron chi connectivity index (χ2n) is 18.0. The van der Waals surface area contributed by atoms with Gasteiger partial charge in [0.25, 0.3) is 11.8 Å².